The summed E-state index contributed by atoms with van der Waals surface area (Å²) in [5, 5.41) is 8.95. The van der Waals surface area contributed by atoms with Crippen molar-refractivity contribution in [3.63, 3.8) is 0 Å². The minimum Gasteiger partial charge on any atom is -0.493 e. The average molecular weight is 285 g/mol. The molecule has 0 amide bonds. The summed E-state index contributed by atoms with van der Waals surface area (Å²) in [6, 6.07) is 8.94. The monoisotopic (exact) mass is 285 g/mol. The molecule has 0 aliphatic carbocycles. The molecule has 1 aromatic carbocycles. The molecule has 0 fully saturated rings. The van der Waals surface area contributed by atoms with Gasteiger partial charge in [-0.1, -0.05) is 12.1 Å². The number of carboxylic acids is 1. The first kappa shape index (κ1) is 13.4. The molecule has 21 heavy (non-hydrogen) atoms. The summed E-state index contributed by atoms with van der Waals surface area (Å²) in [7, 11) is 0. The van der Waals surface area contributed by atoms with Gasteiger partial charge < -0.3 is 14.4 Å². The summed E-state index contributed by atoms with van der Waals surface area (Å²) in [5.41, 5.74) is 1.65. The number of carbonyl (C=O) groups is 1. The van der Waals surface area contributed by atoms with Crippen LogP contribution in [0.15, 0.2) is 41.3 Å². The van der Waals surface area contributed by atoms with Gasteiger partial charge in [-0.2, -0.15) is 0 Å². The normalized spacial score (nSPS) is 12.8. The minimum absolute atomic E-state index is 0.195. The van der Waals surface area contributed by atoms with Gasteiger partial charge >= 0.3 is 5.97 Å². The zero-order chi connectivity index (χ0) is 14.8. The van der Waals surface area contributed by atoms with Crippen LogP contribution in [0.25, 0.3) is 0 Å². The van der Waals surface area contributed by atoms with E-state index in [0.717, 1.165) is 24.3 Å². The molecule has 1 aliphatic rings. The quantitative estimate of drug-likeness (QED) is 0.928. The number of hydrogen-bond acceptors (Lipinski definition) is 3. The Labute approximate surface area is 121 Å². The molecule has 1 aromatic heterocycles. The highest BCUT2D eigenvalue weighted by Gasteiger charge is 2.13. The molecular formula is C16H15NO4. The van der Waals surface area contributed by atoms with Gasteiger partial charge in [0.2, 0.25) is 0 Å². The first-order valence-electron chi connectivity index (χ1n) is 6.82. The number of rotatable bonds is 4. The second-order valence-corrected chi connectivity index (χ2v) is 5.02. The summed E-state index contributed by atoms with van der Waals surface area (Å²) in [5.74, 6) is -0.257. The van der Waals surface area contributed by atoms with Crippen LogP contribution >= 0.6 is 0 Å². The van der Waals surface area contributed by atoms with Crippen LogP contribution in [0.1, 0.15) is 21.5 Å². The van der Waals surface area contributed by atoms with E-state index in [0.29, 0.717) is 13.0 Å². The lowest BCUT2D eigenvalue weighted by Crippen LogP contribution is -2.26. The zero-order valence-electron chi connectivity index (χ0n) is 11.4. The predicted octanol–water partition coefficient (Wildman–Crippen LogP) is 1.72. The maximum Gasteiger partial charge on any atom is 0.341 e. The zero-order valence-corrected chi connectivity index (χ0v) is 11.4. The van der Waals surface area contributed by atoms with Gasteiger partial charge in [-0.15, -0.1) is 0 Å². The number of pyridine rings is 1. The highest BCUT2D eigenvalue weighted by Crippen LogP contribution is 2.26. The van der Waals surface area contributed by atoms with E-state index < -0.39 is 11.5 Å². The number of ether oxygens (including phenoxy) is 1. The number of carboxylic acid groups (broad SMARTS) is 1. The lowest BCUT2D eigenvalue weighted by molar-refractivity contribution is 0.0694. The molecule has 1 N–H and O–H groups in total. The molecule has 2 heterocycles. The molecular weight excluding hydrogens is 270 g/mol. The Kier molecular flexibility index (Phi) is 3.48. The Hall–Kier alpha value is -2.56. The van der Waals surface area contributed by atoms with Gasteiger partial charge in [-0.25, -0.2) is 4.79 Å². The van der Waals surface area contributed by atoms with Crippen molar-refractivity contribution in [2.45, 2.75) is 19.4 Å². The highest BCUT2D eigenvalue weighted by molar-refractivity contribution is 5.86. The van der Waals surface area contributed by atoms with E-state index in [2.05, 4.69) is 6.07 Å². The Balaban J connectivity index is 1.78. The summed E-state index contributed by atoms with van der Waals surface area (Å²) < 4.78 is 6.89. The van der Waals surface area contributed by atoms with Crippen molar-refractivity contribution in [3.8, 4) is 5.75 Å². The van der Waals surface area contributed by atoms with Crippen LogP contribution in [0, 0.1) is 0 Å². The smallest absolute Gasteiger partial charge is 0.341 e. The Morgan fingerprint density at radius 1 is 1.33 bits per heavy atom. The Bertz CT molecular complexity index is 748. The largest absolute Gasteiger partial charge is 0.493 e. The second-order valence-electron chi connectivity index (χ2n) is 5.02. The number of hydrogen-bond donors (Lipinski definition) is 1. The van der Waals surface area contributed by atoms with Crippen LogP contribution in [0.4, 0.5) is 0 Å². The van der Waals surface area contributed by atoms with Gasteiger partial charge in [0.25, 0.3) is 5.56 Å². The lowest BCUT2D eigenvalue weighted by atomic mass is 10.1. The van der Waals surface area contributed by atoms with Gasteiger partial charge in [0.05, 0.1) is 6.61 Å². The molecule has 0 saturated heterocycles. The molecule has 0 saturated carbocycles. The second kappa shape index (κ2) is 5.44. The molecule has 0 bridgehead atoms. The fourth-order valence-corrected chi connectivity index (χ4v) is 2.52. The van der Waals surface area contributed by atoms with Crippen molar-refractivity contribution in [2.24, 2.45) is 0 Å². The van der Waals surface area contributed by atoms with E-state index in [-0.39, 0.29) is 5.56 Å². The summed E-state index contributed by atoms with van der Waals surface area (Å²) in [6.07, 6.45) is 3.21. The molecule has 3 rings (SSSR count). The van der Waals surface area contributed by atoms with Gasteiger partial charge in [0.15, 0.2) is 0 Å². The number of nitrogens with zero attached hydrogens (tertiary/aromatic N) is 1. The SMILES string of the molecule is O=C(O)c1cccn(CCc2ccc3c(c2)CCO3)c1=O. The van der Waals surface area contributed by atoms with Gasteiger partial charge in [-0.3, -0.25) is 4.79 Å². The van der Waals surface area contributed by atoms with Crippen LogP contribution in [0.2, 0.25) is 0 Å². The van der Waals surface area contributed by atoms with Crippen molar-refractivity contribution in [1.29, 1.82) is 0 Å². The van der Waals surface area contributed by atoms with Gasteiger partial charge in [0, 0.05) is 19.2 Å². The van der Waals surface area contributed by atoms with Crippen molar-refractivity contribution < 1.29 is 14.6 Å². The van der Waals surface area contributed by atoms with Gasteiger partial charge in [-0.05, 0) is 35.7 Å². The third-order valence-corrected chi connectivity index (χ3v) is 3.65. The molecule has 1 aliphatic heterocycles. The maximum absolute atomic E-state index is 12.0. The van der Waals surface area contributed by atoms with E-state index >= 15 is 0 Å². The summed E-state index contributed by atoms with van der Waals surface area (Å²) in [6.45, 7) is 1.18. The van der Waals surface area contributed by atoms with Crippen molar-refractivity contribution >= 4 is 5.97 Å². The summed E-state index contributed by atoms with van der Waals surface area (Å²) >= 11 is 0. The number of aromatic nitrogens is 1. The predicted molar refractivity (Wildman–Crippen MR) is 77.0 cm³/mol. The first-order chi connectivity index (χ1) is 10.1. The maximum atomic E-state index is 12.0. The number of aromatic carboxylic acids is 1. The van der Waals surface area contributed by atoms with Crippen LogP contribution in [0.3, 0.4) is 0 Å². The van der Waals surface area contributed by atoms with E-state index in [9.17, 15) is 9.59 Å². The topological polar surface area (TPSA) is 68.5 Å². The van der Waals surface area contributed by atoms with E-state index in [4.69, 9.17) is 9.84 Å². The number of aryl methyl sites for hydroxylation is 2. The third kappa shape index (κ3) is 2.67. The van der Waals surface area contributed by atoms with Crippen molar-refractivity contribution in [3.05, 3.63) is 63.6 Å². The fraction of sp³-hybridized carbons (Fsp3) is 0.250. The minimum atomic E-state index is -1.19. The van der Waals surface area contributed by atoms with Crippen LogP contribution in [-0.4, -0.2) is 22.2 Å². The van der Waals surface area contributed by atoms with Crippen molar-refractivity contribution in [1.82, 2.24) is 4.57 Å². The number of fused-ring (bicyclic) bond motifs is 1. The van der Waals surface area contributed by atoms with E-state index in [1.807, 2.05) is 12.1 Å². The molecule has 5 heteroatoms. The number of benzene rings is 1. The lowest BCUT2D eigenvalue weighted by Gasteiger charge is -2.07. The molecule has 0 radical (unpaired) electrons. The molecule has 0 unspecified atom stereocenters. The fourth-order valence-electron chi connectivity index (χ4n) is 2.52. The first-order valence-corrected chi connectivity index (χ1v) is 6.82. The molecule has 0 atom stereocenters. The van der Waals surface area contributed by atoms with E-state index in [1.54, 1.807) is 12.3 Å². The molecule has 0 spiro atoms. The Morgan fingerprint density at radius 3 is 3.00 bits per heavy atom. The highest BCUT2D eigenvalue weighted by atomic mass is 16.5. The molecule has 108 valence electrons. The third-order valence-electron chi connectivity index (χ3n) is 3.65. The van der Waals surface area contributed by atoms with Gasteiger partial charge in [0.1, 0.15) is 11.3 Å². The average Bonchev–Trinajstić information content (AvgIpc) is 2.93. The van der Waals surface area contributed by atoms with E-state index in [1.165, 1.54) is 16.2 Å². The molecule has 5 nitrogen and oxygen atoms in total. The standard InChI is InChI=1S/C16H15NO4/c18-15-13(16(19)20)2-1-7-17(15)8-5-11-3-4-14-12(10-11)6-9-21-14/h1-4,7,10H,5-6,8-9H2,(H,19,20). The molecule has 2 aromatic rings. The van der Waals surface area contributed by atoms with Crippen LogP contribution in [-0.2, 0) is 19.4 Å². The van der Waals surface area contributed by atoms with Crippen LogP contribution in [0.5, 0.6) is 5.75 Å². The van der Waals surface area contributed by atoms with Crippen LogP contribution < -0.4 is 10.3 Å². The van der Waals surface area contributed by atoms with Crippen molar-refractivity contribution in [2.75, 3.05) is 6.61 Å². The summed E-state index contributed by atoms with van der Waals surface area (Å²) in [4.78, 5) is 22.9. The Morgan fingerprint density at radius 2 is 2.19 bits per heavy atom.